The van der Waals surface area contributed by atoms with Crippen LogP contribution in [-0.4, -0.2) is 16.5 Å². The number of aromatic nitrogens is 2. The molecular formula is C11H12N2OS. The van der Waals surface area contributed by atoms with Crippen LogP contribution in [0.25, 0.3) is 11.5 Å². The zero-order valence-corrected chi connectivity index (χ0v) is 9.76. The van der Waals surface area contributed by atoms with Crippen molar-refractivity contribution in [1.82, 2.24) is 10.2 Å². The largest absolute Gasteiger partial charge is 0.411 e. The molecule has 4 heteroatoms. The lowest BCUT2D eigenvalue weighted by Gasteiger charge is -2.00. The van der Waals surface area contributed by atoms with Crippen molar-refractivity contribution in [3.63, 3.8) is 0 Å². The molecule has 1 heterocycles. The Labute approximate surface area is 92.9 Å². The molecule has 0 saturated carbocycles. The van der Waals surface area contributed by atoms with Crippen molar-refractivity contribution >= 4 is 11.8 Å². The van der Waals surface area contributed by atoms with Gasteiger partial charge in [-0.2, -0.15) is 0 Å². The van der Waals surface area contributed by atoms with Gasteiger partial charge in [-0.25, -0.2) is 0 Å². The average molecular weight is 220 g/mol. The third kappa shape index (κ3) is 2.04. The topological polar surface area (TPSA) is 38.9 Å². The van der Waals surface area contributed by atoms with Crippen LogP contribution < -0.4 is 0 Å². The molecule has 2 aromatic rings. The van der Waals surface area contributed by atoms with E-state index in [-0.39, 0.29) is 0 Å². The summed E-state index contributed by atoms with van der Waals surface area (Å²) in [7, 11) is 0. The SMILES string of the molecule is CSc1nnc(-c2ccc(C)c(C)c2)o1. The molecule has 0 saturated heterocycles. The minimum absolute atomic E-state index is 0.586. The lowest BCUT2D eigenvalue weighted by Crippen LogP contribution is -1.83. The van der Waals surface area contributed by atoms with Crippen LogP contribution in [0.3, 0.4) is 0 Å². The smallest absolute Gasteiger partial charge is 0.276 e. The van der Waals surface area contributed by atoms with E-state index in [0.29, 0.717) is 11.1 Å². The highest BCUT2D eigenvalue weighted by atomic mass is 32.2. The zero-order chi connectivity index (χ0) is 10.8. The molecule has 0 radical (unpaired) electrons. The lowest BCUT2D eigenvalue weighted by atomic mass is 10.1. The van der Waals surface area contributed by atoms with Crippen molar-refractivity contribution in [2.75, 3.05) is 6.26 Å². The summed E-state index contributed by atoms with van der Waals surface area (Å²) in [5.74, 6) is 0.586. The van der Waals surface area contributed by atoms with E-state index in [1.807, 2.05) is 12.3 Å². The maximum atomic E-state index is 5.45. The van der Waals surface area contributed by atoms with Gasteiger partial charge in [-0.05, 0) is 43.4 Å². The van der Waals surface area contributed by atoms with Crippen LogP contribution in [0.15, 0.2) is 27.8 Å². The third-order valence-electron chi connectivity index (χ3n) is 2.33. The minimum Gasteiger partial charge on any atom is -0.411 e. The molecule has 0 N–H and O–H groups in total. The summed E-state index contributed by atoms with van der Waals surface area (Å²) >= 11 is 1.45. The Balaban J connectivity index is 2.40. The lowest BCUT2D eigenvalue weighted by molar-refractivity contribution is 0.466. The quantitative estimate of drug-likeness (QED) is 0.729. The fraction of sp³-hybridized carbons (Fsp3) is 0.273. The van der Waals surface area contributed by atoms with E-state index in [2.05, 4.69) is 36.2 Å². The first-order chi connectivity index (χ1) is 7.20. The molecule has 0 fully saturated rings. The van der Waals surface area contributed by atoms with Gasteiger partial charge in [-0.1, -0.05) is 17.8 Å². The molecule has 0 spiro atoms. The van der Waals surface area contributed by atoms with Gasteiger partial charge in [0.15, 0.2) is 0 Å². The van der Waals surface area contributed by atoms with Crippen LogP contribution in [0.2, 0.25) is 0 Å². The second-order valence-corrected chi connectivity index (χ2v) is 4.13. The Morgan fingerprint density at radius 3 is 2.53 bits per heavy atom. The average Bonchev–Trinajstić information content (AvgIpc) is 2.70. The normalized spacial score (nSPS) is 10.6. The van der Waals surface area contributed by atoms with Crippen LogP contribution in [0.4, 0.5) is 0 Å². The van der Waals surface area contributed by atoms with E-state index in [0.717, 1.165) is 5.56 Å². The van der Waals surface area contributed by atoms with E-state index >= 15 is 0 Å². The van der Waals surface area contributed by atoms with Gasteiger partial charge in [0, 0.05) is 5.56 Å². The molecule has 0 atom stereocenters. The fourth-order valence-electron chi connectivity index (χ4n) is 1.28. The van der Waals surface area contributed by atoms with Gasteiger partial charge in [0.1, 0.15) is 0 Å². The summed E-state index contributed by atoms with van der Waals surface area (Å²) in [5.41, 5.74) is 3.48. The number of nitrogens with zero attached hydrogens (tertiary/aromatic N) is 2. The van der Waals surface area contributed by atoms with Gasteiger partial charge in [0.2, 0.25) is 5.89 Å². The number of thioether (sulfide) groups is 1. The summed E-state index contributed by atoms with van der Waals surface area (Å²) in [4.78, 5) is 0. The molecule has 78 valence electrons. The van der Waals surface area contributed by atoms with Gasteiger partial charge < -0.3 is 4.42 Å². The number of hydrogen-bond acceptors (Lipinski definition) is 4. The van der Waals surface area contributed by atoms with Crippen molar-refractivity contribution in [2.24, 2.45) is 0 Å². The highest BCUT2D eigenvalue weighted by molar-refractivity contribution is 7.98. The van der Waals surface area contributed by atoms with Gasteiger partial charge in [0.25, 0.3) is 5.22 Å². The molecule has 0 aliphatic carbocycles. The summed E-state index contributed by atoms with van der Waals surface area (Å²) in [6.07, 6.45) is 1.91. The predicted molar refractivity (Wildman–Crippen MR) is 61.0 cm³/mol. The molecule has 15 heavy (non-hydrogen) atoms. The maximum Gasteiger partial charge on any atom is 0.276 e. The molecule has 1 aromatic heterocycles. The van der Waals surface area contributed by atoms with Crippen molar-refractivity contribution < 1.29 is 4.42 Å². The first kappa shape index (κ1) is 10.2. The highest BCUT2D eigenvalue weighted by Crippen LogP contribution is 2.23. The second-order valence-electron chi connectivity index (χ2n) is 3.38. The summed E-state index contributed by atoms with van der Waals surface area (Å²) in [5, 5.41) is 8.50. The molecular weight excluding hydrogens is 208 g/mol. The van der Waals surface area contributed by atoms with Gasteiger partial charge >= 0.3 is 0 Å². The third-order valence-corrected chi connectivity index (χ3v) is 2.85. The zero-order valence-electron chi connectivity index (χ0n) is 8.94. The van der Waals surface area contributed by atoms with Gasteiger partial charge in [-0.3, -0.25) is 0 Å². The van der Waals surface area contributed by atoms with Crippen molar-refractivity contribution in [3.8, 4) is 11.5 Å². The number of hydrogen-bond donors (Lipinski definition) is 0. The second kappa shape index (κ2) is 4.06. The standard InChI is InChI=1S/C11H12N2OS/c1-7-4-5-9(6-8(7)2)10-12-13-11(14-10)15-3/h4-6H,1-3H3. The van der Waals surface area contributed by atoms with Crippen molar-refractivity contribution in [3.05, 3.63) is 29.3 Å². The molecule has 0 aliphatic heterocycles. The molecule has 0 bridgehead atoms. The summed E-state index contributed by atoms with van der Waals surface area (Å²) in [6.45, 7) is 4.16. The van der Waals surface area contributed by atoms with E-state index in [9.17, 15) is 0 Å². The molecule has 1 aromatic carbocycles. The van der Waals surface area contributed by atoms with Gasteiger partial charge in [0.05, 0.1) is 0 Å². The molecule has 2 rings (SSSR count). The van der Waals surface area contributed by atoms with Crippen molar-refractivity contribution in [2.45, 2.75) is 19.1 Å². The molecule has 0 aliphatic rings. The Morgan fingerprint density at radius 1 is 1.13 bits per heavy atom. The molecule has 0 unspecified atom stereocenters. The van der Waals surface area contributed by atoms with Crippen molar-refractivity contribution in [1.29, 1.82) is 0 Å². The predicted octanol–water partition coefficient (Wildman–Crippen LogP) is 3.08. The maximum absolute atomic E-state index is 5.45. The van der Waals surface area contributed by atoms with Gasteiger partial charge in [-0.15, -0.1) is 10.2 Å². The number of rotatable bonds is 2. The molecule has 0 amide bonds. The Bertz CT molecular complexity index is 479. The van der Waals surface area contributed by atoms with E-state index in [1.165, 1.54) is 22.9 Å². The van der Waals surface area contributed by atoms with Crippen LogP contribution in [0.5, 0.6) is 0 Å². The Morgan fingerprint density at radius 2 is 1.93 bits per heavy atom. The summed E-state index contributed by atoms with van der Waals surface area (Å²) in [6, 6.07) is 6.13. The Hall–Kier alpha value is -1.29. The highest BCUT2D eigenvalue weighted by Gasteiger charge is 2.07. The first-order valence-corrected chi connectivity index (χ1v) is 5.88. The first-order valence-electron chi connectivity index (χ1n) is 4.66. The Kier molecular flexibility index (Phi) is 2.77. The van der Waals surface area contributed by atoms with Crippen LogP contribution in [0.1, 0.15) is 11.1 Å². The van der Waals surface area contributed by atoms with E-state index in [1.54, 1.807) is 0 Å². The van der Waals surface area contributed by atoms with Crippen LogP contribution in [-0.2, 0) is 0 Å². The van der Waals surface area contributed by atoms with Crippen LogP contribution >= 0.6 is 11.8 Å². The monoisotopic (exact) mass is 220 g/mol. The van der Waals surface area contributed by atoms with Crippen LogP contribution in [0, 0.1) is 13.8 Å². The number of aryl methyl sites for hydroxylation is 2. The summed E-state index contributed by atoms with van der Waals surface area (Å²) < 4.78 is 5.45. The minimum atomic E-state index is 0.586. The molecule has 3 nitrogen and oxygen atoms in total. The van der Waals surface area contributed by atoms with E-state index < -0.39 is 0 Å². The fourth-order valence-corrected chi connectivity index (χ4v) is 1.57. The number of benzene rings is 1. The van der Waals surface area contributed by atoms with E-state index in [4.69, 9.17) is 4.42 Å².